The second-order valence-corrected chi connectivity index (χ2v) is 6.29. The number of carbonyl (C=O) groups is 1. The van der Waals surface area contributed by atoms with Crippen LogP contribution in [-0.2, 0) is 6.61 Å². The molecular weight excluding hydrogens is 400 g/mol. The van der Waals surface area contributed by atoms with Crippen molar-refractivity contribution in [1.29, 1.82) is 0 Å². The third kappa shape index (κ3) is 3.86. The predicted octanol–water partition coefficient (Wildman–Crippen LogP) is 4.92. The molecule has 2 rings (SSSR count). The Labute approximate surface area is 140 Å². The number of hydrogen-bond acceptors (Lipinski definition) is 3. The van der Waals surface area contributed by atoms with Crippen LogP contribution >= 0.6 is 31.9 Å². The predicted molar refractivity (Wildman–Crippen MR) is 89.3 cm³/mol. The molecule has 0 aliphatic rings. The molecule has 0 aliphatic carbocycles. The summed E-state index contributed by atoms with van der Waals surface area (Å²) in [6.45, 7) is 2.29. The first-order valence-corrected chi connectivity index (χ1v) is 7.84. The zero-order chi connectivity index (χ0) is 15.4. The van der Waals surface area contributed by atoms with E-state index in [4.69, 9.17) is 9.47 Å². The molecule has 0 amide bonds. The Bertz CT molecular complexity index is 669. The summed E-state index contributed by atoms with van der Waals surface area (Å²) in [6, 6.07) is 9.41. The van der Waals surface area contributed by atoms with Crippen LogP contribution in [0.1, 0.15) is 21.5 Å². The van der Waals surface area contributed by atoms with E-state index < -0.39 is 0 Å². The Morgan fingerprint density at radius 1 is 1.19 bits per heavy atom. The van der Waals surface area contributed by atoms with Crippen LogP contribution < -0.4 is 9.47 Å². The van der Waals surface area contributed by atoms with Gasteiger partial charge in [-0.1, -0.05) is 22.0 Å². The second-order valence-electron chi connectivity index (χ2n) is 4.52. The highest BCUT2D eigenvalue weighted by atomic mass is 79.9. The van der Waals surface area contributed by atoms with Gasteiger partial charge in [-0.25, -0.2) is 0 Å². The molecule has 3 nitrogen and oxygen atoms in total. The average Bonchev–Trinajstić information content (AvgIpc) is 2.45. The molecule has 0 atom stereocenters. The van der Waals surface area contributed by atoms with Gasteiger partial charge in [-0.2, -0.15) is 0 Å². The van der Waals surface area contributed by atoms with Gasteiger partial charge in [0.15, 0.2) is 6.29 Å². The summed E-state index contributed by atoms with van der Waals surface area (Å²) in [5.74, 6) is 1.38. The number of aldehydes is 1. The van der Waals surface area contributed by atoms with Crippen molar-refractivity contribution in [3.8, 4) is 11.5 Å². The van der Waals surface area contributed by atoms with Gasteiger partial charge in [-0.15, -0.1) is 0 Å². The van der Waals surface area contributed by atoms with Gasteiger partial charge in [-0.05, 0) is 58.2 Å². The number of methoxy groups -OCH3 is 1. The van der Waals surface area contributed by atoms with Crippen molar-refractivity contribution >= 4 is 38.1 Å². The Hall–Kier alpha value is -1.33. The van der Waals surface area contributed by atoms with Gasteiger partial charge in [0.05, 0.1) is 17.1 Å². The first-order valence-electron chi connectivity index (χ1n) is 6.25. The van der Waals surface area contributed by atoms with Crippen molar-refractivity contribution in [1.82, 2.24) is 0 Å². The molecule has 0 saturated heterocycles. The van der Waals surface area contributed by atoms with E-state index in [9.17, 15) is 4.79 Å². The van der Waals surface area contributed by atoms with Gasteiger partial charge in [0.1, 0.15) is 18.1 Å². The maximum Gasteiger partial charge on any atom is 0.153 e. The van der Waals surface area contributed by atoms with E-state index in [0.717, 1.165) is 32.1 Å². The minimum Gasteiger partial charge on any atom is -0.496 e. The SMILES string of the molecule is COc1ccc(COc2c(C)cc(Br)cc2C=O)cc1Br. The van der Waals surface area contributed by atoms with E-state index >= 15 is 0 Å². The highest BCUT2D eigenvalue weighted by Gasteiger charge is 2.09. The molecule has 0 bridgehead atoms. The molecule has 0 unspecified atom stereocenters. The summed E-state index contributed by atoms with van der Waals surface area (Å²) in [5.41, 5.74) is 2.44. The maximum absolute atomic E-state index is 11.2. The first kappa shape index (κ1) is 16.0. The summed E-state index contributed by atoms with van der Waals surface area (Å²) in [4.78, 5) is 11.2. The number of hydrogen-bond donors (Lipinski definition) is 0. The maximum atomic E-state index is 11.2. The number of ether oxygens (including phenoxy) is 2. The molecule has 0 aliphatic heterocycles. The largest absolute Gasteiger partial charge is 0.496 e. The van der Waals surface area contributed by atoms with Crippen molar-refractivity contribution in [2.45, 2.75) is 13.5 Å². The standard InChI is InChI=1S/C16H14Br2O3/c1-10-5-13(17)7-12(8-19)16(10)21-9-11-3-4-15(20-2)14(18)6-11/h3-8H,9H2,1-2H3. The number of benzene rings is 2. The van der Waals surface area contributed by atoms with Gasteiger partial charge < -0.3 is 9.47 Å². The van der Waals surface area contributed by atoms with Gasteiger partial charge in [0, 0.05) is 4.47 Å². The summed E-state index contributed by atoms with van der Waals surface area (Å²) in [6.07, 6.45) is 0.803. The smallest absolute Gasteiger partial charge is 0.153 e. The van der Waals surface area contributed by atoms with E-state index in [0.29, 0.717) is 17.9 Å². The van der Waals surface area contributed by atoms with Crippen LogP contribution in [0.5, 0.6) is 11.5 Å². The molecule has 2 aromatic carbocycles. The molecular formula is C16H14Br2O3. The van der Waals surface area contributed by atoms with Crippen molar-refractivity contribution in [2.24, 2.45) is 0 Å². The lowest BCUT2D eigenvalue weighted by atomic mass is 10.1. The first-order chi connectivity index (χ1) is 10.0. The minimum atomic E-state index is 0.381. The summed E-state index contributed by atoms with van der Waals surface area (Å²) >= 11 is 6.82. The molecule has 0 spiro atoms. The second kappa shape index (κ2) is 7.09. The zero-order valence-electron chi connectivity index (χ0n) is 11.7. The fraction of sp³-hybridized carbons (Fsp3) is 0.188. The van der Waals surface area contributed by atoms with E-state index in [1.807, 2.05) is 31.2 Å². The fourth-order valence-electron chi connectivity index (χ4n) is 2.00. The van der Waals surface area contributed by atoms with E-state index in [1.54, 1.807) is 13.2 Å². The lowest BCUT2D eigenvalue weighted by Crippen LogP contribution is -2.01. The minimum absolute atomic E-state index is 0.381. The van der Waals surface area contributed by atoms with Gasteiger partial charge >= 0.3 is 0 Å². The van der Waals surface area contributed by atoms with Crippen LogP contribution in [0.3, 0.4) is 0 Å². The van der Waals surface area contributed by atoms with Crippen molar-refractivity contribution in [3.05, 3.63) is 56.0 Å². The van der Waals surface area contributed by atoms with Gasteiger partial charge in [-0.3, -0.25) is 4.79 Å². The summed E-state index contributed by atoms with van der Waals surface area (Å²) < 4.78 is 12.7. The van der Waals surface area contributed by atoms with E-state index in [-0.39, 0.29) is 0 Å². The summed E-state index contributed by atoms with van der Waals surface area (Å²) in [7, 11) is 1.62. The lowest BCUT2D eigenvalue weighted by Gasteiger charge is -2.13. The van der Waals surface area contributed by atoms with Gasteiger partial charge in [0.25, 0.3) is 0 Å². The Morgan fingerprint density at radius 3 is 2.57 bits per heavy atom. The topological polar surface area (TPSA) is 35.5 Å². The quantitative estimate of drug-likeness (QED) is 0.652. The fourth-order valence-corrected chi connectivity index (χ4v) is 3.17. The molecule has 0 radical (unpaired) electrons. The monoisotopic (exact) mass is 412 g/mol. The molecule has 0 saturated carbocycles. The summed E-state index contributed by atoms with van der Waals surface area (Å²) in [5, 5.41) is 0. The average molecular weight is 414 g/mol. The molecule has 0 fully saturated rings. The highest BCUT2D eigenvalue weighted by Crippen LogP contribution is 2.29. The molecule has 0 heterocycles. The van der Waals surface area contributed by atoms with Gasteiger partial charge in [0.2, 0.25) is 0 Å². The Morgan fingerprint density at radius 2 is 1.95 bits per heavy atom. The normalized spacial score (nSPS) is 10.3. The molecule has 0 N–H and O–H groups in total. The van der Waals surface area contributed by atoms with Crippen LogP contribution in [0.2, 0.25) is 0 Å². The lowest BCUT2D eigenvalue weighted by molar-refractivity contribution is 0.111. The van der Waals surface area contributed by atoms with E-state index in [1.165, 1.54) is 0 Å². The van der Waals surface area contributed by atoms with Crippen LogP contribution in [0.15, 0.2) is 39.3 Å². The van der Waals surface area contributed by atoms with Crippen LogP contribution in [-0.4, -0.2) is 13.4 Å². The van der Waals surface area contributed by atoms with Crippen LogP contribution in [0, 0.1) is 6.92 Å². The number of aryl methyl sites for hydroxylation is 1. The third-order valence-electron chi connectivity index (χ3n) is 2.99. The molecule has 5 heteroatoms. The van der Waals surface area contributed by atoms with Crippen LogP contribution in [0.25, 0.3) is 0 Å². The number of carbonyl (C=O) groups excluding carboxylic acids is 1. The van der Waals surface area contributed by atoms with Crippen molar-refractivity contribution < 1.29 is 14.3 Å². The Balaban J connectivity index is 2.20. The zero-order valence-corrected chi connectivity index (χ0v) is 14.8. The molecule has 2 aromatic rings. The van der Waals surface area contributed by atoms with E-state index in [2.05, 4.69) is 31.9 Å². The molecule has 21 heavy (non-hydrogen) atoms. The highest BCUT2D eigenvalue weighted by molar-refractivity contribution is 9.10. The Kier molecular flexibility index (Phi) is 5.42. The molecule has 110 valence electrons. The van der Waals surface area contributed by atoms with Crippen molar-refractivity contribution in [2.75, 3.05) is 7.11 Å². The third-order valence-corrected chi connectivity index (χ3v) is 4.07. The molecule has 0 aromatic heterocycles. The van der Waals surface area contributed by atoms with Crippen molar-refractivity contribution in [3.63, 3.8) is 0 Å². The van der Waals surface area contributed by atoms with Crippen LogP contribution in [0.4, 0.5) is 0 Å². The number of halogens is 2. The number of rotatable bonds is 5.